The Balaban J connectivity index is 3.39. The summed E-state index contributed by atoms with van der Waals surface area (Å²) in [6.45, 7) is 12.4. The van der Waals surface area contributed by atoms with Gasteiger partial charge in [-0.25, -0.2) is 0 Å². The quantitative estimate of drug-likeness (QED) is 0.531. The van der Waals surface area contributed by atoms with Crippen LogP contribution in [0.3, 0.4) is 0 Å². The molecule has 0 saturated heterocycles. The maximum atomic E-state index is 3.59. The molecule has 0 amide bonds. The van der Waals surface area contributed by atoms with Gasteiger partial charge in [-0.3, -0.25) is 0 Å². The van der Waals surface area contributed by atoms with Gasteiger partial charge in [0.2, 0.25) is 0 Å². The minimum absolute atomic E-state index is 0.646. The van der Waals surface area contributed by atoms with Gasteiger partial charge in [0.05, 0.1) is 0 Å². The molecule has 0 aliphatic heterocycles. The second-order valence-electron chi connectivity index (χ2n) is 4.87. The number of unbranched alkanes of at least 4 members (excludes halogenated alkanes) is 1. The van der Waals surface area contributed by atoms with E-state index in [1.807, 2.05) is 0 Å². The highest BCUT2D eigenvalue weighted by Crippen LogP contribution is 2.11. The third-order valence-corrected chi connectivity index (χ3v) is 3.28. The molecule has 0 radical (unpaired) electrons. The van der Waals surface area contributed by atoms with Crippen molar-refractivity contribution in [3.05, 3.63) is 0 Å². The number of hydrogen-bond acceptors (Lipinski definition) is 2. The van der Waals surface area contributed by atoms with Crippen LogP contribution in [-0.4, -0.2) is 25.7 Å². The summed E-state index contributed by atoms with van der Waals surface area (Å²) in [7, 11) is 0. The van der Waals surface area contributed by atoms with E-state index in [2.05, 4.69) is 38.3 Å². The van der Waals surface area contributed by atoms with Crippen molar-refractivity contribution in [1.82, 2.24) is 10.6 Å². The fourth-order valence-corrected chi connectivity index (χ4v) is 2.02. The summed E-state index contributed by atoms with van der Waals surface area (Å²) in [6.07, 6.45) is 6.65. The number of rotatable bonds is 11. The highest BCUT2D eigenvalue weighted by Gasteiger charge is 2.05. The first kappa shape index (κ1) is 15.9. The fraction of sp³-hybridized carbons (Fsp3) is 1.00. The third kappa shape index (κ3) is 9.17. The van der Waals surface area contributed by atoms with Crippen molar-refractivity contribution >= 4 is 0 Å². The Hall–Kier alpha value is -0.0800. The Morgan fingerprint density at radius 3 is 2.38 bits per heavy atom. The lowest BCUT2D eigenvalue weighted by Gasteiger charge is -2.17. The van der Waals surface area contributed by atoms with Gasteiger partial charge >= 0.3 is 0 Å². The highest BCUT2D eigenvalue weighted by atomic mass is 14.9. The molecule has 16 heavy (non-hydrogen) atoms. The maximum absolute atomic E-state index is 3.59. The van der Waals surface area contributed by atoms with E-state index >= 15 is 0 Å². The summed E-state index contributed by atoms with van der Waals surface area (Å²) in [6, 6.07) is 0.646. The van der Waals surface area contributed by atoms with Crippen LogP contribution < -0.4 is 10.6 Å². The molecule has 0 fully saturated rings. The van der Waals surface area contributed by atoms with Crippen molar-refractivity contribution in [2.45, 2.75) is 65.8 Å². The van der Waals surface area contributed by atoms with Crippen LogP contribution in [0.5, 0.6) is 0 Å². The van der Waals surface area contributed by atoms with E-state index < -0.39 is 0 Å². The summed E-state index contributed by atoms with van der Waals surface area (Å²) in [5.41, 5.74) is 0. The molecule has 0 saturated carbocycles. The minimum atomic E-state index is 0.646. The molecular weight excluding hydrogens is 196 g/mol. The lowest BCUT2D eigenvalue weighted by molar-refractivity contribution is 0.408. The molecule has 0 heterocycles. The van der Waals surface area contributed by atoms with Crippen molar-refractivity contribution in [3.63, 3.8) is 0 Å². The van der Waals surface area contributed by atoms with E-state index in [0.717, 1.165) is 19.0 Å². The van der Waals surface area contributed by atoms with Crippen molar-refractivity contribution in [2.75, 3.05) is 19.6 Å². The molecule has 0 aromatic heterocycles. The maximum Gasteiger partial charge on any atom is 0.00506 e. The van der Waals surface area contributed by atoms with Gasteiger partial charge in [0.25, 0.3) is 0 Å². The van der Waals surface area contributed by atoms with E-state index in [0.29, 0.717) is 6.04 Å². The molecular formula is C14H32N2. The first-order chi connectivity index (χ1) is 7.74. The SMILES string of the molecule is CCCCC(CC)CNCCC(C)NCC. The Kier molecular flexibility index (Phi) is 11.3. The van der Waals surface area contributed by atoms with Gasteiger partial charge in [-0.2, -0.15) is 0 Å². The summed E-state index contributed by atoms with van der Waals surface area (Å²) < 4.78 is 0. The standard InChI is InChI=1S/C14H32N2/c1-5-8-9-14(6-2)12-15-11-10-13(4)16-7-3/h13-16H,5-12H2,1-4H3. The van der Waals surface area contributed by atoms with E-state index in [9.17, 15) is 0 Å². The molecule has 0 aliphatic rings. The fourth-order valence-electron chi connectivity index (χ4n) is 2.02. The van der Waals surface area contributed by atoms with Crippen molar-refractivity contribution in [1.29, 1.82) is 0 Å². The van der Waals surface area contributed by atoms with Crippen LogP contribution in [0.25, 0.3) is 0 Å². The summed E-state index contributed by atoms with van der Waals surface area (Å²) in [4.78, 5) is 0. The third-order valence-electron chi connectivity index (χ3n) is 3.28. The van der Waals surface area contributed by atoms with Crippen LogP contribution >= 0.6 is 0 Å². The normalized spacial score (nSPS) is 15.0. The Morgan fingerprint density at radius 2 is 1.81 bits per heavy atom. The topological polar surface area (TPSA) is 24.1 Å². The van der Waals surface area contributed by atoms with Gasteiger partial charge in [-0.15, -0.1) is 0 Å². The van der Waals surface area contributed by atoms with Gasteiger partial charge in [-0.05, 0) is 45.3 Å². The molecule has 98 valence electrons. The second-order valence-corrected chi connectivity index (χ2v) is 4.87. The van der Waals surface area contributed by atoms with Gasteiger partial charge < -0.3 is 10.6 Å². The number of hydrogen-bond donors (Lipinski definition) is 2. The monoisotopic (exact) mass is 228 g/mol. The predicted molar refractivity (Wildman–Crippen MR) is 73.9 cm³/mol. The van der Waals surface area contributed by atoms with Crippen molar-refractivity contribution in [3.8, 4) is 0 Å². The first-order valence-electron chi connectivity index (χ1n) is 7.18. The molecule has 0 aromatic carbocycles. The van der Waals surface area contributed by atoms with Crippen LogP contribution in [0, 0.1) is 5.92 Å². The molecule has 0 bridgehead atoms. The molecule has 2 N–H and O–H groups in total. The van der Waals surface area contributed by atoms with Crippen molar-refractivity contribution < 1.29 is 0 Å². The van der Waals surface area contributed by atoms with E-state index in [1.54, 1.807) is 0 Å². The Bertz CT molecular complexity index is 137. The van der Waals surface area contributed by atoms with Gasteiger partial charge in [0.15, 0.2) is 0 Å². The van der Waals surface area contributed by atoms with Gasteiger partial charge in [-0.1, -0.05) is 40.0 Å². The van der Waals surface area contributed by atoms with Crippen LogP contribution in [0.2, 0.25) is 0 Å². The molecule has 2 heteroatoms. The molecule has 0 aliphatic carbocycles. The van der Waals surface area contributed by atoms with E-state index in [-0.39, 0.29) is 0 Å². The second kappa shape index (κ2) is 11.4. The minimum Gasteiger partial charge on any atom is -0.316 e. The largest absolute Gasteiger partial charge is 0.316 e. The smallest absolute Gasteiger partial charge is 0.00506 e. The summed E-state index contributed by atoms with van der Waals surface area (Å²) in [5.74, 6) is 0.884. The van der Waals surface area contributed by atoms with E-state index in [1.165, 1.54) is 38.6 Å². The van der Waals surface area contributed by atoms with Crippen LogP contribution in [0.4, 0.5) is 0 Å². The zero-order chi connectivity index (χ0) is 12.2. The average Bonchev–Trinajstić information content (AvgIpc) is 2.28. The molecule has 2 nitrogen and oxygen atoms in total. The molecule has 2 atom stereocenters. The Labute approximate surface area is 103 Å². The molecule has 0 aromatic rings. The summed E-state index contributed by atoms with van der Waals surface area (Å²) >= 11 is 0. The van der Waals surface area contributed by atoms with Gasteiger partial charge in [0, 0.05) is 6.04 Å². The molecule has 2 unspecified atom stereocenters. The van der Waals surface area contributed by atoms with Crippen LogP contribution in [-0.2, 0) is 0 Å². The zero-order valence-corrected chi connectivity index (χ0v) is 11.8. The first-order valence-corrected chi connectivity index (χ1v) is 7.18. The average molecular weight is 228 g/mol. The van der Waals surface area contributed by atoms with Crippen LogP contribution in [0.15, 0.2) is 0 Å². The molecule has 0 rings (SSSR count). The van der Waals surface area contributed by atoms with Gasteiger partial charge in [0.1, 0.15) is 0 Å². The van der Waals surface area contributed by atoms with Crippen LogP contribution in [0.1, 0.15) is 59.8 Å². The highest BCUT2D eigenvalue weighted by molar-refractivity contribution is 4.64. The summed E-state index contributed by atoms with van der Waals surface area (Å²) in [5, 5.41) is 7.04. The lowest BCUT2D eigenvalue weighted by Crippen LogP contribution is -2.31. The van der Waals surface area contributed by atoms with E-state index in [4.69, 9.17) is 0 Å². The predicted octanol–water partition coefficient (Wildman–Crippen LogP) is 3.18. The van der Waals surface area contributed by atoms with Crippen molar-refractivity contribution in [2.24, 2.45) is 5.92 Å². The Morgan fingerprint density at radius 1 is 1.06 bits per heavy atom. The zero-order valence-electron chi connectivity index (χ0n) is 11.8. The number of nitrogens with one attached hydrogen (secondary N) is 2. The lowest BCUT2D eigenvalue weighted by atomic mass is 9.99. The molecule has 0 spiro atoms.